The van der Waals surface area contributed by atoms with Crippen LogP contribution >= 0.6 is 12.0 Å². The average molecular weight is 262 g/mol. The minimum Gasteiger partial charge on any atom is -0.415 e. The number of hydrogen-bond acceptors (Lipinski definition) is 3. The zero-order chi connectivity index (χ0) is 12.5. The molecule has 0 fully saturated rings. The Bertz CT molecular complexity index is 524. The standard InChI is InChI=1S/C10H9F3N2OS/c1-2-7-6-8-9(16-17-10(11,12)13)4-3-5-15(8)14-7/h3-6H,2H2,1H3. The van der Waals surface area contributed by atoms with E-state index in [1.807, 2.05) is 6.92 Å². The van der Waals surface area contributed by atoms with Crippen LogP contribution < -0.4 is 4.18 Å². The number of alkyl halides is 3. The fraction of sp³-hybridized carbons (Fsp3) is 0.300. The van der Waals surface area contributed by atoms with Gasteiger partial charge in [-0.2, -0.15) is 18.3 Å². The summed E-state index contributed by atoms with van der Waals surface area (Å²) in [5, 5.41) is 4.18. The Kier molecular flexibility index (Phi) is 3.19. The molecule has 2 aromatic heterocycles. The Morgan fingerprint density at radius 2 is 2.24 bits per heavy atom. The molecule has 0 unspecified atom stereocenters. The van der Waals surface area contributed by atoms with Gasteiger partial charge >= 0.3 is 5.51 Å². The van der Waals surface area contributed by atoms with Crippen LogP contribution in [0.4, 0.5) is 13.2 Å². The molecule has 0 radical (unpaired) electrons. The lowest BCUT2D eigenvalue weighted by Crippen LogP contribution is -2.03. The normalized spacial score (nSPS) is 12.0. The van der Waals surface area contributed by atoms with Gasteiger partial charge in [0.15, 0.2) is 17.8 Å². The first-order valence-corrected chi connectivity index (χ1v) is 5.63. The number of hydrogen-bond donors (Lipinski definition) is 0. The minimum absolute atomic E-state index is 0.155. The Morgan fingerprint density at radius 3 is 2.88 bits per heavy atom. The van der Waals surface area contributed by atoms with Crippen LogP contribution in [0.2, 0.25) is 0 Å². The Balaban J connectivity index is 2.30. The number of aromatic nitrogens is 2. The molecule has 0 aliphatic rings. The van der Waals surface area contributed by atoms with Crippen LogP contribution in [-0.4, -0.2) is 15.1 Å². The van der Waals surface area contributed by atoms with E-state index in [-0.39, 0.29) is 5.75 Å². The topological polar surface area (TPSA) is 26.5 Å². The molecule has 0 saturated heterocycles. The summed E-state index contributed by atoms with van der Waals surface area (Å²) in [6.07, 6.45) is 2.38. The molecular weight excluding hydrogens is 253 g/mol. The van der Waals surface area contributed by atoms with E-state index in [2.05, 4.69) is 9.28 Å². The lowest BCUT2D eigenvalue weighted by atomic mass is 10.3. The molecular formula is C10H9F3N2OS. The van der Waals surface area contributed by atoms with Gasteiger partial charge in [-0.15, -0.1) is 0 Å². The molecule has 0 bridgehead atoms. The van der Waals surface area contributed by atoms with Gasteiger partial charge in [0.05, 0.1) is 5.69 Å². The summed E-state index contributed by atoms with van der Waals surface area (Å²) < 4.78 is 42.3. The van der Waals surface area contributed by atoms with Crippen molar-refractivity contribution in [2.45, 2.75) is 18.9 Å². The Hall–Kier alpha value is -1.37. The summed E-state index contributed by atoms with van der Waals surface area (Å²) in [7, 11) is 0. The predicted molar refractivity (Wildman–Crippen MR) is 58.8 cm³/mol. The lowest BCUT2D eigenvalue weighted by Gasteiger charge is -2.07. The van der Waals surface area contributed by atoms with E-state index < -0.39 is 17.6 Å². The molecule has 3 nitrogen and oxygen atoms in total. The molecule has 0 amide bonds. The van der Waals surface area contributed by atoms with Crippen molar-refractivity contribution in [3.8, 4) is 5.75 Å². The van der Waals surface area contributed by atoms with Crippen molar-refractivity contribution in [1.29, 1.82) is 0 Å². The fourth-order valence-corrected chi connectivity index (χ4v) is 1.70. The molecule has 2 heterocycles. The molecule has 0 N–H and O–H groups in total. The smallest absolute Gasteiger partial charge is 0.415 e. The predicted octanol–water partition coefficient (Wildman–Crippen LogP) is 3.44. The van der Waals surface area contributed by atoms with Gasteiger partial charge in [-0.05, 0) is 24.6 Å². The highest BCUT2D eigenvalue weighted by atomic mass is 32.2. The first-order chi connectivity index (χ1) is 7.99. The molecule has 0 atom stereocenters. The fourth-order valence-electron chi connectivity index (χ4n) is 1.38. The monoisotopic (exact) mass is 262 g/mol. The SMILES string of the molecule is CCc1cc2c(OSC(F)(F)F)cccn2n1. The van der Waals surface area contributed by atoms with Crippen LogP contribution in [0, 0.1) is 0 Å². The van der Waals surface area contributed by atoms with Crippen molar-refractivity contribution in [3.63, 3.8) is 0 Å². The zero-order valence-corrected chi connectivity index (χ0v) is 9.68. The summed E-state index contributed by atoms with van der Waals surface area (Å²) in [6.45, 7) is 1.92. The van der Waals surface area contributed by atoms with E-state index in [0.717, 1.165) is 5.69 Å². The maximum atomic E-state index is 12.0. The molecule has 17 heavy (non-hydrogen) atoms. The molecule has 92 valence electrons. The third-order valence-corrected chi connectivity index (χ3v) is 2.55. The highest BCUT2D eigenvalue weighted by Gasteiger charge is 2.31. The lowest BCUT2D eigenvalue weighted by molar-refractivity contribution is -0.0369. The quantitative estimate of drug-likeness (QED) is 0.793. The van der Waals surface area contributed by atoms with Gasteiger partial charge in [-0.1, -0.05) is 6.92 Å². The van der Waals surface area contributed by atoms with Crippen LogP contribution in [0.15, 0.2) is 24.4 Å². The number of pyridine rings is 1. The van der Waals surface area contributed by atoms with Crippen molar-refractivity contribution in [3.05, 3.63) is 30.1 Å². The van der Waals surface area contributed by atoms with E-state index in [4.69, 9.17) is 0 Å². The number of fused-ring (bicyclic) bond motifs is 1. The van der Waals surface area contributed by atoms with Crippen molar-refractivity contribution in [2.75, 3.05) is 0 Å². The van der Waals surface area contributed by atoms with Gasteiger partial charge in [-0.3, -0.25) is 0 Å². The average Bonchev–Trinajstić information content (AvgIpc) is 2.68. The van der Waals surface area contributed by atoms with Crippen molar-refractivity contribution in [2.24, 2.45) is 0 Å². The summed E-state index contributed by atoms with van der Waals surface area (Å²) >= 11 is -0.523. The van der Waals surface area contributed by atoms with Crippen LogP contribution in [-0.2, 0) is 6.42 Å². The largest absolute Gasteiger partial charge is 0.479 e. The van der Waals surface area contributed by atoms with Gasteiger partial charge in [-0.25, -0.2) is 4.52 Å². The molecule has 0 spiro atoms. The molecule has 0 aliphatic heterocycles. The zero-order valence-electron chi connectivity index (χ0n) is 8.86. The van der Waals surface area contributed by atoms with E-state index in [0.29, 0.717) is 11.9 Å². The maximum Gasteiger partial charge on any atom is 0.479 e. The molecule has 2 rings (SSSR count). The number of aryl methyl sites for hydroxylation is 1. The first-order valence-electron chi connectivity index (χ1n) is 4.89. The van der Waals surface area contributed by atoms with E-state index in [1.54, 1.807) is 18.3 Å². The Morgan fingerprint density at radius 1 is 1.47 bits per heavy atom. The van der Waals surface area contributed by atoms with E-state index in [1.165, 1.54) is 10.6 Å². The van der Waals surface area contributed by atoms with Crippen LogP contribution in [0.1, 0.15) is 12.6 Å². The second kappa shape index (κ2) is 4.48. The summed E-state index contributed by atoms with van der Waals surface area (Å²) in [5.74, 6) is 0.155. The van der Waals surface area contributed by atoms with Crippen molar-refractivity contribution in [1.82, 2.24) is 9.61 Å². The van der Waals surface area contributed by atoms with Gasteiger partial charge in [0.2, 0.25) is 0 Å². The van der Waals surface area contributed by atoms with E-state index >= 15 is 0 Å². The van der Waals surface area contributed by atoms with Gasteiger partial charge in [0.1, 0.15) is 5.52 Å². The van der Waals surface area contributed by atoms with Crippen LogP contribution in [0.25, 0.3) is 5.52 Å². The van der Waals surface area contributed by atoms with Crippen LogP contribution in [0.3, 0.4) is 0 Å². The van der Waals surface area contributed by atoms with Gasteiger partial charge < -0.3 is 4.18 Å². The third kappa shape index (κ3) is 2.85. The van der Waals surface area contributed by atoms with E-state index in [9.17, 15) is 13.2 Å². The minimum atomic E-state index is -4.42. The summed E-state index contributed by atoms with van der Waals surface area (Å²) in [5.41, 5.74) is -3.08. The molecule has 2 aromatic rings. The second-order valence-corrected chi connectivity index (χ2v) is 4.10. The number of rotatable bonds is 3. The van der Waals surface area contributed by atoms with Gasteiger partial charge in [0.25, 0.3) is 0 Å². The van der Waals surface area contributed by atoms with Crippen molar-refractivity contribution >= 4 is 17.6 Å². The Labute approximate surface area is 99.8 Å². The molecule has 0 saturated carbocycles. The molecule has 0 aromatic carbocycles. The van der Waals surface area contributed by atoms with Crippen molar-refractivity contribution < 1.29 is 17.4 Å². The number of nitrogens with zero attached hydrogens (tertiary/aromatic N) is 2. The van der Waals surface area contributed by atoms with Gasteiger partial charge in [0, 0.05) is 6.20 Å². The molecule has 7 heteroatoms. The highest BCUT2D eigenvalue weighted by molar-refractivity contribution is 7.95. The number of halogens is 3. The van der Waals surface area contributed by atoms with Crippen LogP contribution in [0.5, 0.6) is 5.75 Å². The highest BCUT2D eigenvalue weighted by Crippen LogP contribution is 2.34. The summed E-state index contributed by atoms with van der Waals surface area (Å²) in [6, 6.07) is 4.78. The molecule has 0 aliphatic carbocycles. The first kappa shape index (κ1) is 12.1. The summed E-state index contributed by atoms with van der Waals surface area (Å²) in [4.78, 5) is 0. The second-order valence-electron chi connectivity index (χ2n) is 3.30. The third-order valence-electron chi connectivity index (χ3n) is 2.10. The maximum absolute atomic E-state index is 12.0.